The highest BCUT2D eigenvalue weighted by molar-refractivity contribution is 7.03. The third-order valence-corrected chi connectivity index (χ3v) is 1.65. The number of hydrogen-bond acceptors (Lipinski definition) is 2. The van der Waals surface area contributed by atoms with E-state index in [0.717, 1.165) is 12.1 Å². The van der Waals surface area contributed by atoms with Gasteiger partial charge in [0.15, 0.2) is 0 Å². The van der Waals surface area contributed by atoms with E-state index in [-0.39, 0.29) is 0 Å². The minimum absolute atomic E-state index is 0.972. The first-order chi connectivity index (χ1) is 4.43. The Morgan fingerprint density at radius 3 is 3.22 bits per heavy atom. The van der Waals surface area contributed by atoms with Gasteiger partial charge in [-0.15, -0.1) is 0 Å². The maximum Gasteiger partial charge on any atom is 0.0579 e. The van der Waals surface area contributed by atoms with E-state index in [2.05, 4.69) is 10.4 Å². The maximum absolute atomic E-state index is 4.14. The zero-order valence-electron chi connectivity index (χ0n) is 5.37. The lowest BCUT2D eigenvalue weighted by Gasteiger charge is -1.81. The molecule has 0 aromatic carbocycles. The Balaban J connectivity index is 2.48. The van der Waals surface area contributed by atoms with Crippen LogP contribution in [0, 0.1) is 0 Å². The normalized spacial score (nSPS) is 10.8. The van der Waals surface area contributed by atoms with Gasteiger partial charge in [0.1, 0.15) is 0 Å². The summed E-state index contributed by atoms with van der Waals surface area (Å²) in [6, 6.07) is 2.05. The average molecular weight is 139 g/mol. The summed E-state index contributed by atoms with van der Waals surface area (Å²) in [5, 5.41) is 2.00. The first kappa shape index (κ1) is 6.49. The lowest BCUT2D eigenvalue weighted by atomic mass is 10.3. The van der Waals surface area contributed by atoms with Crippen molar-refractivity contribution in [1.29, 1.82) is 0 Å². The largest absolute Gasteiger partial charge is 0.197 e. The molecular weight excluding hydrogens is 130 g/mol. The van der Waals surface area contributed by atoms with Crippen molar-refractivity contribution in [2.24, 2.45) is 0 Å². The SMILES string of the molecule is CC=CCc1ccsn1. The monoisotopic (exact) mass is 139 g/mol. The van der Waals surface area contributed by atoms with Crippen LogP contribution in [0.3, 0.4) is 0 Å². The fourth-order valence-electron chi connectivity index (χ4n) is 0.581. The quantitative estimate of drug-likeness (QED) is 0.573. The molecule has 0 radical (unpaired) electrons. The minimum atomic E-state index is 0.972. The van der Waals surface area contributed by atoms with Gasteiger partial charge in [-0.25, -0.2) is 0 Å². The zero-order chi connectivity index (χ0) is 6.53. The Morgan fingerprint density at radius 2 is 2.67 bits per heavy atom. The third kappa shape index (κ3) is 1.98. The predicted molar refractivity (Wildman–Crippen MR) is 40.6 cm³/mol. The van der Waals surface area contributed by atoms with E-state index in [1.54, 1.807) is 0 Å². The molecule has 1 aromatic heterocycles. The topological polar surface area (TPSA) is 12.9 Å². The summed E-state index contributed by atoms with van der Waals surface area (Å²) in [4.78, 5) is 0. The molecule has 0 bridgehead atoms. The van der Waals surface area contributed by atoms with Crippen LogP contribution in [0.25, 0.3) is 0 Å². The van der Waals surface area contributed by atoms with Gasteiger partial charge in [0, 0.05) is 11.8 Å². The van der Waals surface area contributed by atoms with Gasteiger partial charge in [0.2, 0.25) is 0 Å². The molecule has 1 rings (SSSR count). The van der Waals surface area contributed by atoms with Crippen LogP contribution < -0.4 is 0 Å². The molecule has 0 aliphatic rings. The lowest BCUT2D eigenvalue weighted by molar-refractivity contribution is 1.19. The zero-order valence-corrected chi connectivity index (χ0v) is 6.19. The fourth-order valence-corrected chi connectivity index (χ4v) is 1.13. The van der Waals surface area contributed by atoms with E-state index in [4.69, 9.17) is 0 Å². The second-order valence-corrected chi connectivity index (χ2v) is 2.43. The summed E-state index contributed by atoms with van der Waals surface area (Å²) in [5.74, 6) is 0. The number of rotatable bonds is 2. The lowest BCUT2D eigenvalue weighted by Crippen LogP contribution is -1.75. The number of aromatic nitrogens is 1. The Kier molecular flexibility index (Phi) is 2.46. The fraction of sp³-hybridized carbons (Fsp3) is 0.286. The highest BCUT2D eigenvalue weighted by Crippen LogP contribution is 2.00. The first-order valence-corrected chi connectivity index (χ1v) is 3.77. The van der Waals surface area contributed by atoms with Gasteiger partial charge < -0.3 is 0 Å². The van der Waals surface area contributed by atoms with Gasteiger partial charge >= 0.3 is 0 Å². The van der Waals surface area contributed by atoms with Crippen molar-refractivity contribution in [3.8, 4) is 0 Å². The van der Waals surface area contributed by atoms with Crippen LogP contribution in [0.1, 0.15) is 12.6 Å². The van der Waals surface area contributed by atoms with Gasteiger partial charge in [-0.05, 0) is 24.5 Å². The predicted octanol–water partition coefficient (Wildman–Crippen LogP) is 2.26. The molecule has 48 valence electrons. The van der Waals surface area contributed by atoms with Crippen LogP contribution in [0.4, 0.5) is 0 Å². The molecule has 0 unspecified atom stereocenters. The summed E-state index contributed by atoms with van der Waals surface area (Å²) < 4.78 is 4.14. The van der Waals surface area contributed by atoms with Gasteiger partial charge in [0.25, 0.3) is 0 Å². The van der Waals surface area contributed by atoms with Crippen molar-refractivity contribution in [3.63, 3.8) is 0 Å². The van der Waals surface area contributed by atoms with Crippen molar-refractivity contribution < 1.29 is 0 Å². The Labute approximate surface area is 59.2 Å². The van der Waals surface area contributed by atoms with Crippen LogP contribution in [-0.4, -0.2) is 4.37 Å². The second kappa shape index (κ2) is 3.41. The third-order valence-electron chi connectivity index (χ3n) is 1.05. The smallest absolute Gasteiger partial charge is 0.0579 e. The summed E-state index contributed by atoms with van der Waals surface area (Å²) in [7, 11) is 0. The summed E-state index contributed by atoms with van der Waals surface area (Å²) in [6.45, 7) is 2.02. The van der Waals surface area contributed by atoms with E-state index in [0.29, 0.717) is 0 Å². The molecule has 0 spiro atoms. The second-order valence-electron chi connectivity index (χ2n) is 1.76. The van der Waals surface area contributed by atoms with Crippen molar-refractivity contribution >= 4 is 11.5 Å². The number of hydrogen-bond donors (Lipinski definition) is 0. The molecule has 0 saturated carbocycles. The molecule has 9 heavy (non-hydrogen) atoms. The molecule has 0 aliphatic carbocycles. The molecule has 1 aromatic rings. The first-order valence-electron chi connectivity index (χ1n) is 2.94. The van der Waals surface area contributed by atoms with E-state index < -0.39 is 0 Å². The number of nitrogens with zero attached hydrogens (tertiary/aromatic N) is 1. The van der Waals surface area contributed by atoms with Gasteiger partial charge in [-0.3, -0.25) is 0 Å². The summed E-state index contributed by atoms with van der Waals surface area (Å²) in [6.07, 6.45) is 5.12. The van der Waals surface area contributed by atoms with E-state index >= 15 is 0 Å². The van der Waals surface area contributed by atoms with Crippen LogP contribution in [0.2, 0.25) is 0 Å². The standard InChI is InChI=1S/C7H9NS/c1-2-3-4-7-5-6-9-8-7/h2-3,5-6H,4H2,1H3. The molecule has 0 atom stereocenters. The van der Waals surface area contributed by atoms with Crippen molar-refractivity contribution in [2.75, 3.05) is 0 Å². The minimum Gasteiger partial charge on any atom is -0.197 e. The Morgan fingerprint density at radius 1 is 1.78 bits per heavy atom. The maximum atomic E-state index is 4.14. The van der Waals surface area contributed by atoms with E-state index in [1.165, 1.54) is 11.5 Å². The van der Waals surface area contributed by atoms with E-state index in [1.807, 2.05) is 24.4 Å². The molecule has 1 heterocycles. The summed E-state index contributed by atoms with van der Waals surface area (Å²) >= 11 is 1.51. The molecule has 2 heteroatoms. The molecule has 1 nitrogen and oxygen atoms in total. The molecular formula is C7H9NS. The average Bonchev–Trinajstić information content (AvgIpc) is 2.34. The molecule has 0 N–H and O–H groups in total. The molecule has 0 amide bonds. The highest BCUT2D eigenvalue weighted by Gasteiger charge is 1.87. The van der Waals surface area contributed by atoms with Crippen LogP contribution >= 0.6 is 11.5 Å². The van der Waals surface area contributed by atoms with Crippen LogP contribution in [-0.2, 0) is 6.42 Å². The van der Waals surface area contributed by atoms with Gasteiger partial charge in [-0.1, -0.05) is 12.2 Å². The Bertz CT molecular complexity index is 177. The molecule has 0 saturated heterocycles. The van der Waals surface area contributed by atoms with E-state index in [9.17, 15) is 0 Å². The van der Waals surface area contributed by atoms with Crippen molar-refractivity contribution in [2.45, 2.75) is 13.3 Å². The Hall–Kier alpha value is -0.630. The number of allylic oxidation sites excluding steroid dienone is 2. The highest BCUT2D eigenvalue weighted by atomic mass is 32.1. The molecule has 0 fully saturated rings. The summed E-state index contributed by atoms with van der Waals surface area (Å²) in [5.41, 5.74) is 1.16. The van der Waals surface area contributed by atoms with Crippen molar-refractivity contribution in [1.82, 2.24) is 4.37 Å². The van der Waals surface area contributed by atoms with Crippen LogP contribution in [0.15, 0.2) is 23.6 Å². The van der Waals surface area contributed by atoms with Gasteiger partial charge in [0.05, 0.1) is 5.69 Å². The molecule has 0 aliphatic heterocycles. The van der Waals surface area contributed by atoms with Gasteiger partial charge in [-0.2, -0.15) is 4.37 Å². The van der Waals surface area contributed by atoms with Crippen LogP contribution in [0.5, 0.6) is 0 Å². The van der Waals surface area contributed by atoms with Crippen molar-refractivity contribution in [3.05, 3.63) is 29.3 Å².